The number of hydrogen-bond donors (Lipinski definition) is 1. The minimum Gasteiger partial charge on any atom is -0.339 e. The van der Waals surface area contributed by atoms with Crippen LogP contribution in [0.1, 0.15) is 44.1 Å². The van der Waals surface area contributed by atoms with Gasteiger partial charge in [-0.15, -0.1) is 24.8 Å². The number of rotatable bonds is 4. The molecule has 1 aliphatic rings. The molecule has 3 rings (SSSR count). The zero-order valence-corrected chi connectivity index (χ0v) is 16.9. The molecule has 0 bridgehead atoms. The van der Waals surface area contributed by atoms with E-state index in [1.54, 1.807) is 0 Å². The number of piperidine rings is 1. The van der Waals surface area contributed by atoms with Gasteiger partial charge in [-0.25, -0.2) is 4.98 Å². The molecule has 26 heavy (non-hydrogen) atoms. The number of aryl methyl sites for hydroxylation is 1. The average Bonchev–Trinajstić information content (AvgIpc) is 3.10. The van der Waals surface area contributed by atoms with Gasteiger partial charge < -0.3 is 15.2 Å². The van der Waals surface area contributed by atoms with Gasteiger partial charge in [-0.2, -0.15) is 0 Å². The Hall–Kier alpha value is -1.56. The van der Waals surface area contributed by atoms with Crippen LogP contribution in [0.25, 0.3) is 0 Å². The molecule has 7 heteroatoms. The van der Waals surface area contributed by atoms with Crippen molar-refractivity contribution in [2.45, 2.75) is 44.7 Å². The second-order valence-corrected chi connectivity index (χ2v) is 6.72. The summed E-state index contributed by atoms with van der Waals surface area (Å²) in [5, 5.41) is 0. The van der Waals surface area contributed by atoms with Gasteiger partial charge >= 0.3 is 0 Å². The van der Waals surface area contributed by atoms with E-state index in [-0.39, 0.29) is 36.8 Å². The second kappa shape index (κ2) is 9.40. The summed E-state index contributed by atoms with van der Waals surface area (Å²) in [5.41, 5.74) is 6.28. The summed E-state index contributed by atoms with van der Waals surface area (Å²) in [7, 11) is 0. The third-order valence-corrected chi connectivity index (χ3v) is 4.96. The van der Waals surface area contributed by atoms with Gasteiger partial charge in [0.1, 0.15) is 11.4 Å². The minimum absolute atomic E-state index is 0. The molecule has 2 aromatic rings. The van der Waals surface area contributed by atoms with Crippen molar-refractivity contribution in [1.29, 1.82) is 0 Å². The summed E-state index contributed by atoms with van der Waals surface area (Å²) in [6.07, 6.45) is 6.82. The summed E-state index contributed by atoms with van der Waals surface area (Å²) in [5.74, 6) is 1.07. The van der Waals surface area contributed by atoms with E-state index >= 15 is 0 Å². The smallest absolute Gasteiger partial charge is 0.247 e. The molecule has 144 valence electrons. The highest BCUT2D eigenvalue weighted by molar-refractivity contribution is 5.87. The van der Waals surface area contributed by atoms with Gasteiger partial charge in [0.25, 0.3) is 0 Å². The Morgan fingerprint density at radius 1 is 1.31 bits per heavy atom. The Kier molecular flexibility index (Phi) is 8.13. The largest absolute Gasteiger partial charge is 0.339 e. The van der Waals surface area contributed by atoms with Crippen molar-refractivity contribution in [3.63, 3.8) is 0 Å². The standard InChI is InChI=1S/C19H26N4O.2ClH/c1-3-17-21-11-13-23(17)16-10-7-12-22(14-16)18(24)19(2,20)15-8-5-4-6-9-15;;/h4-6,8-9,11,13,16H,3,7,10,12,14,20H2,1-2H3;2*1H. The van der Waals surface area contributed by atoms with Gasteiger partial charge in [0, 0.05) is 31.9 Å². The highest BCUT2D eigenvalue weighted by atomic mass is 35.5. The van der Waals surface area contributed by atoms with Crippen molar-refractivity contribution in [2.75, 3.05) is 13.1 Å². The van der Waals surface area contributed by atoms with E-state index in [1.807, 2.05) is 54.5 Å². The Balaban J connectivity index is 0.00000169. The molecule has 1 amide bonds. The van der Waals surface area contributed by atoms with E-state index in [0.717, 1.165) is 37.2 Å². The summed E-state index contributed by atoms with van der Waals surface area (Å²) in [6.45, 7) is 5.38. The van der Waals surface area contributed by atoms with Crippen LogP contribution in [-0.4, -0.2) is 33.4 Å². The van der Waals surface area contributed by atoms with Gasteiger partial charge in [-0.3, -0.25) is 4.79 Å². The SMILES string of the molecule is CCc1nccn1C1CCCN(C(=O)C(C)(N)c2ccccc2)C1.Cl.Cl. The van der Waals surface area contributed by atoms with E-state index in [4.69, 9.17) is 5.73 Å². The molecule has 5 nitrogen and oxygen atoms in total. The van der Waals surface area contributed by atoms with Crippen molar-refractivity contribution >= 4 is 30.7 Å². The monoisotopic (exact) mass is 398 g/mol. The van der Waals surface area contributed by atoms with Crippen LogP contribution >= 0.6 is 24.8 Å². The molecule has 1 fully saturated rings. The van der Waals surface area contributed by atoms with E-state index in [2.05, 4.69) is 16.5 Å². The van der Waals surface area contributed by atoms with Crippen LogP contribution in [0.15, 0.2) is 42.7 Å². The lowest BCUT2D eigenvalue weighted by molar-refractivity contribution is -0.138. The first-order valence-corrected chi connectivity index (χ1v) is 8.69. The third-order valence-electron chi connectivity index (χ3n) is 4.96. The maximum absolute atomic E-state index is 13.1. The van der Waals surface area contributed by atoms with Crippen LogP contribution < -0.4 is 5.73 Å². The molecular formula is C19H28Cl2N4O. The molecule has 0 spiro atoms. The summed E-state index contributed by atoms with van der Waals surface area (Å²) < 4.78 is 2.22. The summed E-state index contributed by atoms with van der Waals surface area (Å²) >= 11 is 0. The van der Waals surface area contributed by atoms with E-state index in [0.29, 0.717) is 6.54 Å². The van der Waals surface area contributed by atoms with Crippen molar-refractivity contribution < 1.29 is 4.79 Å². The van der Waals surface area contributed by atoms with Crippen molar-refractivity contribution in [3.8, 4) is 0 Å². The number of nitrogens with zero attached hydrogens (tertiary/aromatic N) is 3. The first kappa shape index (κ1) is 22.5. The van der Waals surface area contributed by atoms with E-state index in [1.165, 1.54) is 0 Å². The number of carbonyl (C=O) groups is 1. The Labute approximate surface area is 167 Å². The Morgan fingerprint density at radius 2 is 2.00 bits per heavy atom. The highest BCUT2D eigenvalue weighted by Crippen LogP contribution is 2.27. The lowest BCUT2D eigenvalue weighted by Gasteiger charge is -2.38. The Bertz CT molecular complexity index is 703. The van der Waals surface area contributed by atoms with Crippen molar-refractivity contribution in [2.24, 2.45) is 5.73 Å². The maximum Gasteiger partial charge on any atom is 0.247 e. The fourth-order valence-electron chi connectivity index (χ4n) is 3.55. The van der Waals surface area contributed by atoms with Crippen molar-refractivity contribution in [3.05, 3.63) is 54.1 Å². The first-order chi connectivity index (χ1) is 11.5. The zero-order chi connectivity index (χ0) is 17.2. The van der Waals surface area contributed by atoms with Crippen LogP contribution in [0.3, 0.4) is 0 Å². The number of halogens is 2. The van der Waals surface area contributed by atoms with Crippen LogP contribution in [-0.2, 0) is 16.8 Å². The van der Waals surface area contributed by atoms with Crippen molar-refractivity contribution in [1.82, 2.24) is 14.5 Å². The number of aromatic nitrogens is 2. The Morgan fingerprint density at radius 3 is 2.65 bits per heavy atom. The number of nitrogens with two attached hydrogens (primary N) is 1. The van der Waals surface area contributed by atoms with E-state index in [9.17, 15) is 4.79 Å². The van der Waals surface area contributed by atoms with Gasteiger partial charge in [0.2, 0.25) is 5.91 Å². The molecule has 2 atom stereocenters. The molecule has 1 aromatic carbocycles. The third kappa shape index (κ3) is 4.40. The summed E-state index contributed by atoms with van der Waals surface area (Å²) in [4.78, 5) is 19.4. The molecule has 0 radical (unpaired) electrons. The molecule has 1 aliphatic heterocycles. The maximum atomic E-state index is 13.1. The normalized spacial score (nSPS) is 19.0. The topological polar surface area (TPSA) is 64.2 Å². The van der Waals surface area contributed by atoms with Crippen LogP contribution in [0.5, 0.6) is 0 Å². The van der Waals surface area contributed by atoms with E-state index < -0.39 is 5.54 Å². The quantitative estimate of drug-likeness (QED) is 0.858. The first-order valence-electron chi connectivity index (χ1n) is 8.69. The number of carbonyl (C=O) groups excluding carboxylic acids is 1. The number of benzene rings is 1. The number of hydrogen-bond acceptors (Lipinski definition) is 3. The van der Waals surface area contributed by atoms with Gasteiger partial charge in [-0.1, -0.05) is 37.3 Å². The predicted molar refractivity (Wildman–Crippen MR) is 109 cm³/mol. The molecule has 2 N–H and O–H groups in total. The molecule has 2 unspecified atom stereocenters. The lowest BCUT2D eigenvalue weighted by Crippen LogP contribution is -2.53. The molecular weight excluding hydrogens is 371 g/mol. The fourth-order valence-corrected chi connectivity index (χ4v) is 3.55. The predicted octanol–water partition coefficient (Wildman–Crippen LogP) is 3.33. The highest BCUT2D eigenvalue weighted by Gasteiger charge is 2.36. The lowest BCUT2D eigenvalue weighted by atomic mass is 9.90. The number of amides is 1. The fraction of sp³-hybridized carbons (Fsp3) is 0.474. The second-order valence-electron chi connectivity index (χ2n) is 6.72. The van der Waals surface area contributed by atoms with Crippen LogP contribution in [0, 0.1) is 0 Å². The van der Waals surface area contributed by atoms with Gasteiger partial charge in [-0.05, 0) is 25.3 Å². The molecule has 2 heterocycles. The van der Waals surface area contributed by atoms with Crippen LogP contribution in [0.2, 0.25) is 0 Å². The zero-order valence-electron chi connectivity index (χ0n) is 15.3. The molecule has 0 saturated carbocycles. The molecule has 1 aromatic heterocycles. The average molecular weight is 399 g/mol. The van der Waals surface area contributed by atoms with Gasteiger partial charge in [0.15, 0.2) is 0 Å². The van der Waals surface area contributed by atoms with Crippen LogP contribution in [0.4, 0.5) is 0 Å². The molecule has 1 saturated heterocycles. The number of imidazole rings is 1. The molecule has 0 aliphatic carbocycles. The minimum atomic E-state index is -0.994. The number of likely N-dealkylation sites (tertiary alicyclic amines) is 1. The van der Waals surface area contributed by atoms with Gasteiger partial charge in [0.05, 0.1) is 6.04 Å². The summed E-state index contributed by atoms with van der Waals surface area (Å²) in [6, 6.07) is 9.91.